The summed E-state index contributed by atoms with van der Waals surface area (Å²) in [7, 11) is 2.22. The molecule has 0 amide bonds. The fraction of sp³-hybridized carbons (Fsp3) is 1.00. The van der Waals surface area contributed by atoms with Gasteiger partial charge in [0.05, 0.1) is 0 Å². The number of nitrogens with zero attached hydrogens (tertiary/aromatic N) is 3. The summed E-state index contributed by atoms with van der Waals surface area (Å²) in [6.07, 6.45) is 0. The van der Waals surface area contributed by atoms with E-state index in [1.165, 1.54) is 45.8 Å². The van der Waals surface area contributed by atoms with Gasteiger partial charge in [0.15, 0.2) is 0 Å². The maximum atomic E-state index is 3.54. The molecule has 0 aliphatic carbocycles. The lowest BCUT2D eigenvalue weighted by Crippen LogP contribution is -2.56. The molecular weight excluding hydrogens is 212 g/mol. The molecule has 100 valence electrons. The van der Waals surface area contributed by atoms with Crippen molar-refractivity contribution in [2.24, 2.45) is 0 Å². The molecule has 2 fully saturated rings. The van der Waals surface area contributed by atoms with E-state index in [1.54, 1.807) is 0 Å². The van der Waals surface area contributed by atoms with E-state index >= 15 is 0 Å². The summed E-state index contributed by atoms with van der Waals surface area (Å²) in [6.45, 7) is 14.4. The fourth-order valence-corrected chi connectivity index (χ4v) is 2.75. The molecule has 2 atom stereocenters. The smallest absolute Gasteiger partial charge is 0.0193 e. The van der Waals surface area contributed by atoms with Gasteiger partial charge in [-0.15, -0.1) is 0 Å². The first-order chi connectivity index (χ1) is 8.15. The van der Waals surface area contributed by atoms with Crippen molar-refractivity contribution in [3.8, 4) is 0 Å². The molecule has 0 saturated carbocycles. The lowest BCUT2D eigenvalue weighted by atomic mass is 10.1. The minimum atomic E-state index is 0.652. The number of hydrogen-bond acceptors (Lipinski definition) is 4. The van der Waals surface area contributed by atoms with Gasteiger partial charge in [0.2, 0.25) is 0 Å². The summed E-state index contributed by atoms with van der Waals surface area (Å²) in [5.41, 5.74) is 0. The number of piperazine rings is 2. The van der Waals surface area contributed by atoms with E-state index in [1.807, 2.05) is 0 Å². The first kappa shape index (κ1) is 13.3. The minimum Gasteiger partial charge on any atom is -0.311 e. The molecule has 17 heavy (non-hydrogen) atoms. The molecule has 1 N–H and O–H groups in total. The van der Waals surface area contributed by atoms with Crippen LogP contribution in [0, 0.1) is 0 Å². The molecule has 0 aromatic rings. The molecule has 2 unspecified atom stereocenters. The van der Waals surface area contributed by atoms with E-state index in [-0.39, 0.29) is 0 Å². The van der Waals surface area contributed by atoms with Gasteiger partial charge in [-0.3, -0.25) is 9.80 Å². The molecule has 0 bridgehead atoms. The predicted octanol–water partition coefficient (Wildman–Crippen LogP) is -0.0840. The van der Waals surface area contributed by atoms with E-state index < -0.39 is 0 Å². The van der Waals surface area contributed by atoms with E-state index in [4.69, 9.17) is 0 Å². The van der Waals surface area contributed by atoms with Gasteiger partial charge in [-0.25, -0.2) is 0 Å². The average molecular weight is 240 g/mol. The lowest BCUT2D eigenvalue weighted by Gasteiger charge is -2.39. The minimum absolute atomic E-state index is 0.652. The summed E-state index contributed by atoms with van der Waals surface area (Å²) in [6, 6.07) is 1.34. The molecule has 2 heterocycles. The summed E-state index contributed by atoms with van der Waals surface area (Å²) in [4.78, 5) is 7.67. The molecule has 4 heteroatoms. The van der Waals surface area contributed by atoms with Crippen LogP contribution >= 0.6 is 0 Å². The first-order valence-electron chi connectivity index (χ1n) is 7.03. The van der Waals surface area contributed by atoms with Crippen molar-refractivity contribution < 1.29 is 0 Å². The number of likely N-dealkylation sites (N-methyl/N-ethyl adjacent to an activating group) is 1. The standard InChI is InChI=1S/C13H28N4/c1-12-11-17(13(2)10-14-12)9-8-16-6-4-15(3)5-7-16/h12-14H,4-11H2,1-3H3. The first-order valence-corrected chi connectivity index (χ1v) is 7.03. The van der Waals surface area contributed by atoms with Gasteiger partial charge < -0.3 is 10.2 Å². The normalized spacial score (nSPS) is 34.1. The zero-order valence-electron chi connectivity index (χ0n) is 11.7. The topological polar surface area (TPSA) is 21.8 Å². The highest BCUT2D eigenvalue weighted by atomic mass is 15.3. The Bertz CT molecular complexity index is 225. The Balaban J connectivity index is 1.70. The maximum absolute atomic E-state index is 3.54. The van der Waals surface area contributed by atoms with Crippen LogP contribution in [0.1, 0.15) is 13.8 Å². The highest BCUT2D eigenvalue weighted by Gasteiger charge is 2.23. The molecule has 0 spiro atoms. The quantitative estimate of drug-likeness (QED) is 0.744. The van der Waals surface area contributed by atoms with Crippen LogP contribution in [0.4, 0.5) is 0 Å². The van der Waals surface area contributed by atoms with Crippen molar-refractivity contribution in [3.05, 3.63) is 0 Å². The highest BCUT2D eigenvalue weighted by Crippen LogP contribution is 2.07. The summed E-state index contributed by atoms with van der Waals surface area (Å²) in [5.74, 6) is 0. The lowest BCUT2D eigenvalue weighted by molar-refractivity contribution is 0.102. The Hall–Kier alpha value is -0.160. The van der Waals surface area contributed by atoms with Crippen molar-refractivity contribution in [2.75, 3.05) is 59.4 Å². The second kappa shape index (κ2) is 6.14. The second-order valence-electron chi connectivity index (χ2n) is 5.80. The van der Waals surface area contributed by atoms with Gasteiger partial charge in [-0.2, -0.15) is 0 Å². The Morgan fingerprint density at radius 1 is 1.06 bits per heavy atom. The third kappa shape index (κ3) is 3.91. The van der Waals surface area contributed by atoms with Crippen molar-refractivity contribution in [3.63, 3.8) is 0 Å². The van der Waals surface area contributed by atoms with Crippen molar-refractivity contribution in [1.29, 1.82) is 0 Å². The van der Waals surface area contributed by atoms with Crippen LogP contribution in [0.15, 0.2) is 0 Å². The molecule has 4 nitrogen and oxygen atoms in total. The van der Waals surface area contributed by atoms with E-state index in [0.29, 0.717) is 12.1 Å². The SMILES string of the molecule is CC1CN(CCN2CCN(C)CC2)C(C)CN1. The Morgan fingerprint density at radius 3 is 2.47 bits per heavy atom. The Labute approximate surface area is 106 Å². The van der Waals surface area contributed by atoms with Crippen LogP contribution in [0.5, 0.6) is 0 Å². The van der Waals surface area contributed by atoms with E-state index in [9.17, 15) is 0 Å². The third-order valence-corrected chi connectivity index (χ3v) is 4.19. The monoisotopic (exact) mass is 240 g/mol. The molecule has 0 aromatic carbocycles. The molecule has 0 aromatic heterocycles. The van der Waals surface area contributed by atoms with E-state index in [2.05, 4.69) is 40.9 Å². The summed E-state index contributed by atoms with van der Waals surface area (Å²) < 4.78 is 0. The second-order valence-corrected chi connectivity index (χ2v) is 5.80. The van der Waals surface area contributed by atoms with Crippen molar-refractivity contribution in [2.45, 2.75) is 25.9 Å². The molecule has 2 aliphatic heterocycles. The fourth-order valence-electron chi connectivity index (χ4n) is 2.75. The zero-order chi connectivity index (χ0) is 12.3. The molecule has 0 radical (unpaired) electrons. The van der Waals surface area contributed by atoms with Crippen molar-refractivity contribution in [1.82, 2.24) is 20.0 Å². The number of rotatable bonds is 3. The van der Waals surface area contributed by atoms with Crippen LogP contribution in [0.2, 0.25) is 0 Å². The van der Waals surface area contributed by atoms with Crippen LogP contribution in [0.3, 0.4) is 0 Å². The number of nitrogens with one attached hydrogen (secondary N) is 1. The third-order valence-electron chi connectivity index (χ3n) is 4.19. The average Bonchev–Trinajstić information content (AvgIpc) is 2.32. The van der Waals surface area contributed by atoms with Crippen molar-refractivity contribution >= 4 is 0 Å². The molecule has 2 aliphatic rings. The number of hydrogen-bond donors (Lipinski definition) is 1. The highest BCUT2D eigenvalue weighted by molar-refractivity contribution is 4.82. The largest absolute Gasteiger partial charge is 0.311 e. The van der Waals surface area contributed by atoms with E-state index in [0.717, 1.165) is 6.54 Å². The summed E-state index contributed by atoms with van der Waals surface area (Å²) >= 11 is 0. The Kier molecular flexibility index (Phi) is 4.79. The van der Waals surface area contributed by atoms with Crippen LogP contribution in [0.25, 0.3) is 0 Å². The Morgan fingerprint density at radius 2 is 1.76 bits per heavy atom. The maximum Gasteiger partial charge on any atom is 0.0193 e. The van der Waals surface area contributed by atoms with Gasteiger partial charge in [0.25, 0.3) is 0 Å². The van der Waals surface area contributed by atoms with Crippen LogP contribution in [-0.2, 0) is 0 Å². The van der Waals surface area contributed by atoms with Crippen LogP contribution in [-0.4, -0.2) is 86.2 Å². The van der Waals surface area contributed by atoms with Crippen LogP contribution < -0.4 is 5.32 Å². The molecular formula is C13H28N4. The van der Waals surface area contributed by atoms with Gasteiger partial charge in [0, 0.05) is 64.4 Å². The predicted molar refractivity (Wildman–Crippen MR) is 72.4 cm³/mol. The zero-order valence-corrected chi connectivity index (χ0v) is 11.7. The molecule has 2 rings (SSSR count). The van der Waals surface area contributed by atoms with Gasteiger partial charge >= 0.3 is 0 Å². The molecule has 2 saturated heterocycles. The summed E-state index contributed by atoms with van der Waals surface area (Å²) in [5, 5.41) is 3.54. The van der Waals surface area contributed by atoms with Gasteiger partial charge in [-0.05, 0) is 20.9 Å². The van der Waals surface area contributed by atoms with Gasteiger partial charge in [-0.1, -0.05) is 0 Å². The van der Waals surface area contributed by atoms with Gasteiger partial charge in [0.1, 0.15) is 0 Å².